The summed E-state index contributed by atoms with van der Waals surface area (Å²) in [4.78, 5) is 14.6. The zero-order valence-corrected chi connectivity index (χ0v) is 13.8. The number of anilines is 2. The molecule has 1 N–H and O–H groups in total. The van der Waals surface area contributed by atoms with Gasteiger partial charge in [0.05, 0.1) is 17.9 Å². The van der Waals surface area contributed by atoms with Gasteiger partial charge < -0.3 is 15.0 Å². The molecule has 1 amide bonds. The number of para-hydroxylation sites is 1. The maximum absolute atomic E-state index is 12.5. The van der Waals surface area contributed by atoms with Gasteiger partial charge in [-0.05, 0) is 30.3 Å². The predicted octanol–water partition coefficient (Wildman–Crippen LogP) is 2.95. The lowest BCUT2D eigenvalue weighted by Gasteiger charge is -2.27. The van der Waals surface area contributed by atoms with E-state index in [9.17, 15) is 4.79 Å². The SMILES string of the molecule is CN1CCOc2cc(NC(=O)c3ccn(-c4ccccc4)n3)ccc21. The van der Waals surface area contributed by atoms with Gasteiger partial charge in [0.25, 0.3) is 5.91 Å². The molecule has 0 spiro atoms. The molecule has 3 aromatic rings. The van der Waals surface area contributed by atoms with Crippen LogP contribution in [0, 0.1) is 0 Å². The minimum Gasteiger partial charge on any atom is -0.489 e. The van der Waals surface area contributed by atoms with Crippen molar-refractivity contribution in [1.29, 1.82) is 0 Å². The molecule has 0 unspecified atom stereocenters. The number of rotatable bonds is 3. The summed E-state index contributed by atoms with van der Waals surface area (Å²) in [6, 6.07) is 17.0. The van der Waals surface area contributed by atoms with Crippen LogP contribution < -0.4 is 15.0 Å². The Balaban J connectivity index is 1.52. The van der Waals surface area contributed by atoms with E-state index in [2.05, 4.69) is 15.3 Å². The second-order valence-corrected chi connectivity index (χ2v) is 5.89. The van der Waals surface area contributed by atoms with Crippen molar-refractivity contribution in [3.8, 4) is 11.4 Å². The van der Waals surface area contributed by atoms with E-state index >= 15 is 0 Å². The number of likely N-dealkylation sites (N-methyl/N-ethyl adjacent to an activating group) is 1. The Kier molecular flexibility index (Phi) is 3.85. The average Bonchev–Trinajstić information content (AvgIpc) is 3.13. The van der Waals surface area contributed by atoms with Crippen molar-refractivity contribution in [1.82, 2.24) is 9.78 Å². The van der Waals surface area contributed by atoms with Crippen LogP contribution in [0.3, 0.4) is 0 Å². The third kappa shape index (κ3) is 3.06. The first-order valence-electron chi connectivity index (χ1n) is 8.11. The Bertz CT molecular complexity index is 905. The Hall–Kier alpha value is -3.28. The number of amides is 1. The quantitative estimate of drug-likeness (QED) is 0.800. The van der Waals surface area contributed by atoms with Crippen LogP contribution in [0.2, 0.25) is 0 Å². The minimum absolute atomic E-state index is 0.251. The number of hydrogen-bond acceptors (Lipinski definition) is 4. The van der Waals surface area contributed by atoms with E-state index in [1.54, 1.807) is 16.9 Å². The molecule has 1 aromatic heterocycles. The summed E-state index contributed by atoms with van der Waals surface area (Å²) in [5.74, 6) is 0.528. The summed E-state index contributed by atoms with van der Waals surface area (Å²) in [5.41, 5.74) is 2.98. The Morgan fingerprint density at radius 3 is 2.84 bits per heavy atom. The van der Waals surface area contributed by atoms with Gasteiger partial charge in [0.2, 0.25) is 0 Å². The molecule has 0 fully saturated rings. The molecule has 0 saturated carbocycles. The van der Waals surface area contributed by atoms with Gasteiger partial charge in [0.1, 0.15) is 12.4 Å². The number of fused-ring (bicyclic) bond motifs is 1. The van der Waals surface area contributed by atoms with Crippen molar-refractivity contribution in [3.63, 3.8) is 0 Å². The predicted molar refractivity (Wildman–Crippen MR) is 96.7 cm³/mol. The molecule has 126 valence electrons. The molecule has 25 heavy (non-hydrogen) atoms. The molecule has 4 rings (SSSR count). The number of nitrogens with zero attached hydrogens (tertiary/aromatic N) is 3. The molecule has 1 aliphatic heterocycles. The van der Waals surface area contributed by atoms with Crippen LogP contribution in [0.25, 0.3) is 5.69 Å². The Morgan fingerprint density at radius 1 is 1.16 bits per heavy atom. The minimum atomic E-state index is -0.251. The number of carbonyl (C=O) groups is 1. The standard InChI is InChI=1S/C19H18N4O2/c1-22-11-12-25-18-13-14(7-8-17(18)22)20-19(24)16-9-10-23(21-16)15-5-3-2-4-6-15/h2-10,13H,11-12H2,1H3,(H,20,24). The van der Waals surface area contributed by atoms with E-state index in [0.29, 0.717) is 18.0 Å². The zero-order valence-electron chi connectivity index (χ0n) is 13.8. The highest BCUT2D eigenvalue weighted by Gasteiger charge is 2.16. The zero-order chi connectivity index (χ0) is 17.2. The molecular weight excluding hydrogens is 316 g/mol. The number of hydrogen-bond donors (Lipinski definition) is 1. The van der Waals surface area contributed by atoms with Gasteiger partial charge >= 0.3 is 0 Å². The number of aromatic nitrogens is 2. The van der Waals surface area contributed by atoms with Crippen molar-refractivity contribution in [2.45, 2.75) is 0 Å². The molecule has 0 aliphatic carbocycles. The normalized spacial score (nSPS) is 13.1. The van der Waals surface area contributed by atoms with Gasteiger partial charge in [0.15, 0.2) is 5.69 Å². The fourth-order valence-electron chi connectivity index (χ4n) is 2.80. The highest BCUT2D eigenvalue weighted by molar-refractivity contribution is 6.03. The topological polar surface area (TPSA) is 59.4 Å². The molecule has 0 radical (unpaired) electrons. The average molecular weight is 334 g/mol. The second kappa shape index (κ2) is 6.32. The van der Waals surface area contributed by atoms with Crippen LogP contribution in [0.5, 0.6) is 5.75 Å². The molecular formula is C19H18N4O2. The van der Waals surface area contributed by atoms with Crippen LogP contribution in [-0.4, -0.2) is 35.9 Å². The molecule has 2 heterocycles. The smallest absolute Gasteiger partial charge is 0.276 e. The Morgan fingerprint density at radius 2 is 2.00 bits per heavy atom. The van der Waals surface area contributed by atoms with E-state index in [1.165, 1.54) is 0 Å². The third-order valence-electron chi connectivity index (χ3n) is 4.16. The van der Waals surface area contributed by atoms with Crippen LogP contribution in [-0.2, 0) is 0 Å². The summed E-state index contributed by atoms with van der Waals surface area (Å²) in [5, 5.41) is 7.22. The van der Waals surface area contributed by atoms with Gasteiger partial charge in [-0.1, -0.05) is 18.2 Å². The van der Waals surface area contributed by atoms with Crippen LogP contribution in [0.15, 0.2) is 60.8 Å². The number of nitrogens with one attached hydrogen (secondary N) is 1. The van der Waals surface area contributed by atoms with Gasteiger partial charge in [0, 0.05) is 25.0 Å². The maximum atomic E-state index is 12.5. The molecule has 0 saturated heterocycles. The lowest BCUT2D eigenvalue weighted by Crippen LogP contribution is -2.28. The third-order valence-corrected chi connectivity index (χ3v) is 4.16. The largest absolute Gasteiger partial charge is 0.489 e. The van der Waals surface area contributed by atoms with Gasteiger partial charge in [-0.2, -0.15) is 5.10 Å². The first kappa shape index (κ1) is 15.3. The summed E-state index contributed by atoms with van der Waals surface area (Å²) in [7, 11) is 2.02. The van der Waals surface area contributed by atoms with Crippen LogP contribution in [0.1, 0.15) is 10.5 Å². The van der Waals surface area contributed by atoms with E-state index in [1.807, 2.05) is 55.6 Å². The lowest BCUT2D eigenvalue weighted by atomic mass is 10.2. The molecule has 6 heteroatoms. The summed E-state index contributed by atoms with van der Waals surface area (Å²) in [6.45, 7) is 1.50. The molecule has 6 nitrogen and oxygen atoms in total. The van der Waals surface area contributed by atoms with E-state index in [4.69, 9.17) is 4.74 Å². The fourth-order valence-corrected chi connectivity index (χ4v) is 2.80. The van der Waals surface area contributed by atoms with Gasteiger partial charge in [-0.15, -0.1) is 0 Å². The highest BCUT2D eigenvalue weighted by atomic mass is 16.5. The van der Waals surface area contributed by atoms with Crippen molar-refractivity contribution < 1.29 is 9.53 Å². The first-order valence-corrected chi connectivity index (χ1v) is 8.11. The molecule has 0 bridgehead atoms. The van der Waals surface area contributed by atoms with Crippen molar-refractivity contribution >= 4 is 17.3 Å². The highest BCUT2D eigenvalue weighted by Crippen LogP contribution is 2.33. The molecule has 2 aromatic carbocycles. The molecule has 0 atom stereocenters. The lowest BCUT2D eigenvalue weighted by molar-refractivity contribution is 0.102. The molecule has 1 aliphatic rings. The number of ether oxygens (including phenoxy) is 1. The monoisotopic (exact) mass is 334 g/mol. The van der Waals surface area contributed by atoms with E-state index in [-0.39, 0.29) is 5.91 Å². The van der Waals surface area contributed by atoms with Gasteiger partial charge in [-0.3, -0.25) is 4.79 Å². The van der Waals surface area contributed by atoms with Crippen molar-refractivity contribution in [2.75, 3.05) is 30.4 Å². The van der Waals surface area contributed by atoms with Crippen LogP contribution in [0.4, 0.5) is 11.4 Å². The summed E-state index contributed by atoms with van der Waals surface area (Å²) < 4.78 is 7.35. The second-order valence-electron chi connectivity index (χ2n) is 5.89. The fraction of sp³-hybridized carbons (Fsp3) is 0.158. The summed E-state index contributed by atoms with van der Waals surface area (Å²) in [6.07, 6.45) is 1.77. The number of benzene rings is 2. The maximum Gasteiger partial charge on any atom is 0.276 e. The van der Waals surface area contributed by atoms with Crippen LogP contribution >= 0.6 is 0 Å². The van der Waals surface area contributed by atoms with E-state index < -0.39 is 0 Å². The van der Waals surface area contributed by atoms with Crippen molar-refractivity contribution in [2.24, 2.45) is 0 Å². The Labute approximate surface area is 145 Å². The first-order chi connectivity index (χ1) is 12.2. The number of carbonyl (C=O) groups excluding carboxylic acids is 1. The van der Waals surface area contributed by atoms with Crippen molar-refractivity contribution in [3.05, 3.63) is 66.5 Å². The van der Waals surface area contributed by atoms with E-state index in [0.717, 1.165) is 23.7 Å². The summed E-state index contributed by atoms with van der Waals surface area (Å²) >= 11 is 0. The van der Waals surface area contributed by atoms with Gasteiger partial charge in [-0.25, -0.2) is 4.68 Å².